The molecule has 2 aromatic heterocycles. The molecule has 0 aliphatic heterocycles. The molecule has 0 unspecified atom stereocenters. The molecule has 1 aliphatic carbocycles. The molecular formula is C16H21BrN4O. The molecule has 0 radical (unpaired) electrons. The summed E-state index contributed by atoms with van der Waals surface area (Å²) in [5, 5.41) is 2.94. The molecule has 1 amide bonds. The van der Waals surface area contributed by atoms with Crippen LogP contribution in [0.2, 0.25) is 0 Å². The zero-order valence-corrected chi connectivity index (χ0v) is 14.6. The third kappa shape index (κ3) is 3.02. The van der Waals surface area contributed by atoms with Crippen LogP contribution in [0.15, 0.2) is 17.0 Å². The number of rotatable bonds is 3. The zero-order valence-electron chi connectivity index (χ0n) is 13.0. The third-order valence-electron chi connectivity index (χ3n) is 4.57. The van der Waals surface area contributed by atoms with Crippen LogP contribution in [0.3, 0.4) is 0 Å². The Morgan fingerprint density at radius 2 is 2.14 bits per heavy atom. The van der Waals surface area contributed by atoms with Gasteiger partial charge in [0.2, 0.25) is 5.91 Å². The van der Waals surface area contributed by atoms with Crippen LogP contribution in [0.25, 0.3) is 5.52 Å². The number of aryl methyl sites for hydroxylation is 1. The Labute approximate surface area is 138 Å². The molecule has 22 heavy (non-hydrogen) atoms. The SMILES string of the molecule is CC(=O)NC[C@H]1CC[C@H](c2nc(Br)c3c(C)nccn32)CC1. The minimum Gasteiger partial charge on any atom is -0.356 e. The van der Waals surface area contributed by atoms with E-state index in [9.17, 15) is 4.79 Å². The van der Waals surface area contributed by atoms with Gasteiger partial charge in [-0.2, -0.15) is 0 Å². The lowest BCUT2D eigenvalue weighted by molar-refractivity contribution is -0.119. The van der Waals surface area contributed by atoms with E-state index in [0.29, 0.717) is 11.8 Å². The number of aromatic nitrogens is 3. The van der Waals surface area contributed by atoms with Crippen LogP contribution < -0.4 is 5.32 Å². The van der Waals surface area contributed by atoms with Gasteiger partial charge in [0.05, 0.1) is 5.69 Å². The molecule has 118 valence electrons. The van der Waals surface area contributed by atoms with Gasteiger partial charge in [0.25, 0.3) is 0 Å². The number of carbonyl (C=O) groups is 1. The van der Waals surface area contributed by atoms with E-state index in [2.05, 4.69) is 30.6 Å². The molecule has 1 saturated carbocycles. The molecule has 0 spiro atoms. The second-order valence-electron chi connectivity index (χ2n) is 6.15. The first-order valence-electron chi connectivity index (χ1n) is 7.79. The first kappa shape index (κ1) is 15.5. The zero-order chi connectivity index (χ0) is 15.7. The summed E-state index contributed by atoms with van der Waals surface area (Å²) in [6.07, 6.45) is 8.36. The van der Waals surface area contributed by atoms with Gasteiger partial charge in [-0.1, -0.05) is 0 Å². The lowest BCUT2D eigenvalue weighted by atomic mass is 9.81. The molecule has 0 bridgehead atoms. The molecular weight excluding hydrogens is 344 g/mol. The summed E-state index contributed by atoms with van der Waals surface area (Å²) >= 11 is 3.57. The summed E-state index contributed by atoms with van der Waals surface area (Å²) in [6.45, 7) is 4.39. The highest BCUT2D eigenvalue weighted by Crippen LogP contribution is 2.36. The lowest BCUT2D eigenvalue weighted by Gasteiger charge is -2.27. The van der Waals surface area contributed by atoms with Crippen molar-refractivity contribution >= 4 is 27.4 Å². The van der Waals surface area contributed by atoms with Gasteiger partial charge in [0.15, 0.2) is 0 Å². The molecule has 1 N–H and O–H groups in total. The molecule has 0 atom stereocenters. The van der Waals surface area contributed by atoms with E-state index in [-0.39, 0.29) is 5.91 Å². The maximum Gasteiger partial charge on any atom is 0.216 e. The highest BCUT2D eigenvalue weighted by atomic mass is 79.9. The van der Waals surface area contributed by atoms with Gasteiger partial charge < -0.3 is 5.32 Å². The van der Waals surface area contributed by atoms with Crippen LogP contribution in [0, 0.1) is 12.8 Å². The Bertz CT molecular complexity index is 689. The van der Waals surface area contributed by atoms with Crippen molar-refractivity contribution in [3.63, 3.8) is 0 Å². The number of nitrogens with one attached hydrogen (secondary N) is 1. The number of nitrogens with zero attached hydrogens (tertiary/aromatic N) is 3. The predicted molar refractivity (Wildman–Crippen MR) is 88.8 cm³/mol. The Morgan fingerprint density at radius 1 is 1.41 bits per heavy atom. The van der Waals surface area contributed by atoms with Crippen molar-refractivity contribution in [2.24, 2.45) is 5.92 Å². The van der Waals surface area contributed by atoms with Gasteiger partial charge >= 0.3 is 0 Å². The fourth-order valence-electron chi connectivity index (χ4n) is 3.37. The first-order valence-corrected chi connectivity index (χ1v) is 8.59. The molecule has 5 nitrogen and oxygen atoms in total. The predicted octanol–water partition coefficient (Wildman–Crippen LogP) is 3.21. The summed E-state index contributed by atoms with van der Waals surface area (Å²) in [4.78, 5) is 20.1. The third-order valence-corrected chi connectivity index (χ3v) is 5.13. The van der Waals surface area contributed by atoms with E-state index in [1.807, 2.05) is 19.3 Å². The van der Waals surface area contributed by atoms with Crippen molar-refractivity contribution in [1.29, 1.82) is 0 Å². The normalized spacial score (nSPS) is 22.0. The minimum absolute atomic E-state index is 0.0632. The van der Waals surface area contributed by atoms with Gasteiger partial charge in [0, 0.05) is 31.8 Å². The highest BCUT2D eigenvalue weighted by Gasteiger charge is 2.26. The van der Waals surface area contributed by atoms with Crippen molar-refractivity contribution < 1.29 is 4.79 Å². The molecule has 0 aromatic carbocycles. The summed E-state index contributed by atoms with van der Waals surface area (Å²) in [5.41, 5.74) is 2.06. The Morgan fingerprint density at radius 3 is 2.82 bits per heavy atom. The van der Waals surface area contributed by atoms with Crippen molar-refractivity contribution in [1.82, 2.24) is 19.7 Å². The van der Waals surface area contributed by atoms with Crippen LogP contribution in [-0.2, 0) is 4.79 Å². The smallest absolute Gasteiger partial charge is 0.216 e. The number of imidazole rings is 1. The Hall–Kier alpha value is -1.43. The van der Waals surface area contributed by atoms with Crippen LogP contribution >= 0.6 is 15.9 Å². The first-order chi connectivity index (χ1) is 10.6. The van der Waals surface area contributed by atoms with E-state index in [1.165, 1.54) is 0 Å². The van der Waals surface area contributed by atoms with Crippen LogP contribution in [0.4, 0.5) is 0 Å². The fourth-order valence-corrected chi connectivity index (χ4v) is 4.03. The van der Waals surface area contributed by atoms with Gasteiger partial charge in [0.1, 0.15) is 15.9 Å². The van der Waals surface area contributed by atoms with E-state index < -0.39 is 0 Å². The molecule has 6 heteroatoms. The number of hydrogen-bond acceptors (Lipinski definition) is 3. The molecule has 2 aromatic rings. The number of hydrogen-bond donors (Lipinski definition) is 1. The maximum absolute atomic E-state index is 11.0. The van der Waals surface area contributed by atoms with Crippen molar-refractivity contribution in [3.8, 4) is 0 Å². The minimum atomic E-state index is 0.0632. The summed E-state index contributed by atoms with van der Waals surface area (Å²) < 4.78 is 3.05. The van der Waals surface area contributed by atoms with E-state index >= 15 is 0 Å². The van der Waals surface area contributed by atoms with Crippen molar-refractivity contribution in [3.05, 3.63) is 28.5 Å². The van der Waals surface area contributed by atoms with Crippen LogP contribution in [0.5, 0.6) is 0 Å². The average Bonchev–Trinajstić information content (AvgIpc) is 2.84. The summed E-state index contributed by atoms with van der Waals surface area (Å²) in [5.74, 6) is 2.27. The molecule has 3 rings (SSSR count). The largest absolute Gasteiger partial charge is 0.356 e. The summed E-state index contributed by atoms with van der Waals surface area (Å²) in [6, 6.07) is 0. The number of fused-ring (bicyclic) bond motifs is 1. The second kappa shape index (κ2) is 6.36. The topological polar surface area (TPSA) is 59.3 Å². The van der Waals surface area contributed by atoms with E-state index in [0.717, 1.165) is 53.9 Å². The average molecular weight is 365 g/mol. The quantitative estimate of drug-likeness (QED) is 0.909. The Balaban J connectivity index is 1.74. The van der Waals surface area contributed by atoms with Crippen molar-refractivity contribution in [2.45, 2.75) is 45.4 Å². The molecule has 1 fully saturated rings. The van der Waals surface area contributed by atoms with Gasteiger partial charge in [-0.05, 0) is 54.5 Å². The fraction of sp³-hybridized carbons (Fsp3) is 0.562. The highest BCUT2D eigenvalue weighted by molar-refractivity contribution is 9.10. The summed E-state index contributed by atoms with van der Waals surface area (Å²) in [7, 11) is 0. The monoisotopic (exact) mass is 364 g/mol. The lowest BCUT2D eigenvalue weighted by Crippen LogP contribution is -2.29. The standard InChI is InChI=1S/C16H21BrN4O/c1-10-14-15(17)20-16(21(14)8-7-18-10)13-5-3-12(4-6-13)9-19-11(2)22/h7-8,12-13H,3-6,9H2,1-2H3,(H,19,22)/t12-,13-. The number of halogens is 1. The number of amides is 1. The maximum atomic E-state index is 11.0. The Kier molecular flexibility index (Phi) is 4.47. The van der Waals surface area contributed by atoms with Crippen LogP contribution in [0.1, 0.15) is 50.0 Å². The van der Waals surface area contributed by atoms with Crippen LogP contribution in [-0.4, -0.2) is 26.8 Å². The number of carbonyl (C=O) groups excluding carboxylic acids is 1. The van der Waals surface area contributed by atoms with Gasteiger partial charge in [-0.15, -0.1) is 0 Å². The van der Waals surface area contributed by atoms with E-state index in [4.69, 9.17) is 4.98 Å². The van der Waals surface area contributed by atoms with Gasteiger partial charge in [-0.3, -0.25) is 14.2 Å². The molecule has 0 saturated heterocycles. The van der Waals surface area contributed by atoms with Gasteiger partial charge in [-0.25, -0.2) is 4.98 Å². The van der Waals surface area contributed by atoms with Crippen molar-refractivity contribution in [2.75, 3.05) is 6.54 Å². The second-order valence-corrected chi connectivity index (χ2v) is 6.90. The molecule has 2 heterocycles. The molecule has 1 aliphatic rings. The van der Waals surface area contributed by atoms with E-state index in [1.54, 1.807) is 6.92 Å².